The van der Waals surface area contributed by atoms with Gasteiger partial charge in [0.05, 0.1) is 0 Å². The van der Waals surface area contributed by atoms with Crippen LogP contribution < -0.4 is 5.32 Å². The van der Waals surface area contributed by atoms with Gasteiger partial charge >= 0.3 is 0 Å². The van der Waals surface area contributed by atoms with E-state index in [1.54, 1.807) is 30.0 Å². The first-order valence-electron chi connectivity index (χ1n) is 7.83. The van der Waals surface area contributed by atoms with Crippen LogP contribution in [-0.2, 0) is 16.1 Å². The molecule has 1 aromatic rings. The Morgan fingerprint density at radius 1 is 1.22 bits per heavy atom. The summed E-state index contributed by atoms with van der Waals surface area (Å²) in [6, 6.07) is 4.66. The quantitative estimate of drug-likeness (QED) is 0.799. The van der Waals surface area contributed by atoms with E-state index in [9.17, 15) is 9.59 Å². The second kappa shape index (κ2) is 9.14. The first-order chi connectivity index (χ1) is 10.8. The monoisotopic (exact) mass is 358 g/mol. The third-order valence-electron chi connectivity index (χ3n) is 3.48. The highest BCUT2D eigenvalue weighted by molar-refractivity contribution is 6.35. The van der Waals surface area contributed by atoms with Crippen molar-refractivity contribution >= 4 is 35.0 Å². The molecule has 23 heavy (non-hydrogen) atoms. The summed E-state index contributed by atoms with van der Waals surface area (Å²) in [5.74, 6) is -0.226. The number of rotatable bonds is 7. The summed E-state index contributed by atoms with van der Waals surface area (Å²) in [6.07, 6.45) is 0.867. The second-order valence-corrected chi connectivity index (χ2v) is 6.54. The lowest BCUT2D eigenvalue weighted by Crippen LogP contribution is -2.50. The highest BCUT2D eigenvalue weighted by Crippen LogP contribution is 2.24. The molecule has 0 aliphatic heterocycles. The highest BCUT2D eigenvalue weighted by atomic mass is 35.5. The molecular formula is C17H24Cl2N2O2. The van der Waals surface area contributed by atoms with Crippen LogP contribution in [0.15, 0.2) is 18.2 Å². The first kappa shape index (κ1) is 19.8. The lowest BCUT2D eigenvalue weighted by atomic mass is 10.1. The second-order valence-electron chi connectivity index (χ2n) is 5.70. The lowest BCUT2D eigenvalue weighted by molar-refractivity contribution is -0.141. The van der Waals surface area contributed by atoms with Gasteiger partial charge in [0.2, 0.25) is 11.8 Å². The highest BCUT2D eigenvalue weighted by Gasteiger charge is 2.28. The Kier molecular flexibility index (Phi) is 7.86. The number of nitrogens with one attached hydrogen (secondary N) is 1. The minimum atomic E-state index is -0.517. The molecule has 128 valence electrons. The van der Waals surface area contributed by atoms with Gasteiger partial charge in [0, 0.05) is 29.1 Å². The Morgan fingerprint density at radius 3 is 2.35 bits per heavy atom. The smallest absolute Gasteiger partial charge is 0.243 e. The van der Waals surface area contributed by atoms with Crippen LogP contribution in [0.5, 0.6) is 0 Å². The molecule has 1 aromatic carbocycles. The van der Waals surface area contributed by atoms with E-state index >= 15 is 0 Å². The fourth-order valence-electron chi connectivity index (χ4n) is 2.34. The molecular weight excluding hydrogens is 335 g/mol. The molecule has 1 atom stereocenters. The largest absolute Gasteiger partial charge is 0.352 e. The summed E-state index contributed by atoms with van der Waals surface area (Å²) < 4.78 is 0. The van der Waals surface area contributed by atoms with Gasteiger partial charge in [-0.1, -0.05) is 43.1 Å². The van der Waals surface area contributed by atoms with Crippen molar-refractivity contribution in [2.24, 2.45) is 0 Å². The van der Waals surface area contributed by atoms with Gasteiger partial charge in [0.1, 0.15) is 6.04 Å². The van der Waals surface area contributed by atoms with Crippen molar-refractivity contribution < 1.29 is 9.59 Å². The average molecular weight is 359 g/mol. The van der Waals surface area contributed by atoms with E-state index < -0.39 is 6.04 Å². The molecule has 0 heterocycles. The fourth-order valence-corrected chi connectivity index (χ4v) is 2.80. The topological polar surface area (TPSA) is 49.4 Å². The Balaban J connectivity index is 3.07. The molecule has 4 nitrogen and oxygen atoms in total. The van der Waals surface area contributed by atoms with Crippen LogP contribution >= 0.6 is 23.2 Å². The van der Waals surface area contributed by atoms with E-state index in [1.807, 2.05) is 20.8 Å². The number of carbonyl (C=O) groups is 2. The summed E-state index contributed by atoms with van der Waals surface area (Å²) >= 11 is 12.1. The fraction of sp³-hybridized carbons (Fsp3) is 0.529. The Bertz CT molecular complexity index is 562. The lowest BCUT2D eigenvalue weighted by Gasteiger charge is -2.31. The summed E-state index contributed by atoms with van der Waals surface area (Å²) in [5.41, 5.74) is 0.772. The van der Waals surface area contributed by atoms with Crippen molar-refractivity contribution in [1.82, 2.24) is 10.2 Å². The maximum atomic E-state index is 12.4. The SMILES string of the molecule is CCC(=O)N(Cc1ccc(Cl)cc1Cl)C(CC)C(=O)NC(C)C. The van der Waals surface area contributed by atoms with Crippen LogP contribution in [0.3, 0.4) is 0 Å². The molecule has 0 aliphatic carbocycles. The van der Waals surface area contributed by atoms with Gasteiger partial charge in [-0.2, -0.15) is 0 Å². The molecule has 1 unspecified atom stereocenters. The molecule has 0 saturated carbocycles. The van der Waals surface area contributed by atoms with Gasteiger partial charge in [0.25, 0.3) is 0 Å². The predicted molar refractivity (Wildman–Crippen MR) is 94.7 cm³/mol. The van der Waals surface area contributed by atoms with Crippen LogP contribution in [0.2, 0.25) is 10.0 Å². The maximum absolute atomic E-state index is 12.4. The normalized spacial score (nSPS) is 12.1. The van der Waals surface area contributed by atoms with E-state index in [0.717, 1.165) is 5.56 Å². The van der Waals surface area contributed by atoms with Crippen LogP contribution in [-0.4, -0.2) is 28.8 Å². The molecule has 1 rings (SSSR count). The van der Waals surface area contributed by atoms with Crippen LogP contribution in [0.1, 0.15) is 46.1 Å². The number of hydrogen-bond acceptors (Lipinski definition) is 2. The minimum absolute atomic E-state index is 0.0225. The standard InChI is InChI=1S/C17H24Cl2N2O2/c1-5-15(17(23)20-11(3)4)21(16(22)6-2)10-12-7-8-13(18)9-14(12)19/h7-9,11,15H,5-6,10H2,1-4H3,(H,20,23). The van der Waals surface area contributed by atoms with Crippen LogP contribution in [0.25, 0.3) is 0 Å². The molecule has 1 N–H and O–H groups in total. The van der Waals surface area contributed by atoms with E-state index in [2.05, 4.69) is 5.32 Å². The Hall–Kier alpha value is -1.26. The van der Waals surface area contributed by atoms with Gasteiger partial charge in [-0.05, 0) is 38.0 Å². The zero-order valence-electron chi connectivity index (χ0n) is 14.0. The molecule has 2 amide bonds. The maximum Gasteiger partial charge on any atom is 0.243 e. The van der Waals surface area contributed by atoms with Gasteiger partial charge in [-0.25, -0.2) is 0 Å². The number of nitrogens with zero attached hydrogens (tertiary/aromatic N) is 1. The molecule has 0 fully saturated rings. The number of hydrogen-bond donors (Lipinski definition) is 1. The van der Waals surface area contributed by atoms with Gasteiger partial charge in [0.15, 0.2) is 0 Å². The molecule has 0 spiro atoms. The number of halogens is 2. The van der Waals surface area contributed by atoms with Gasteiger partial charge in [-0.3, -0.25) is 9.59 Å². The molecule has 0 aromatic heterocycles. The van der Waals surface area contributed by atoms with Crippen molar-refractivity contribution in [3.8, 4) is 0 Å². The van der Waals surface area contributed by atoms with Gasteiger partial charge < -0.3 is 10.2 Å². The number of benzene rings is 1. The van der Waals surface area contributed by atoms with Crippen molar-refractivity contribution in [3.63, 3.8) is 0 Å². The zero-order valence-corrected chi connectivity index (χ0v) is 15.5. The first-order valence-corrected chi connectivity index (χ1v) is 8.59. The minimum Gasteiger partial charge on any atom is -0.352 e. The number of amides is 2. The molecule has 0 radical (unpaired) electrons. The molecule has 0 saturated heterocycles. The van der Waals surface area contributed by atoms with E-state index in [-0.39, 0.29) is 24.4 Å². The molecule has 6 heteroatoms. The van der Waals surface area contributed by atoms with E-state index in [4.69, 9.17) is 23.2 Å². The van der Waals surface area contributed by atoms with E-state index in [1.165, 1.54) is 0 Å². The van der Waals surface area contributed by atoms with Gasteiger partial charge in [-0.15, -0.1) is 0 Å². The molecule has 0 aliphatic rings. The third-order valence-corrected chi connectivity index (χ3v) is 4.06. The van der Waals surface area contributed by atoms with E-state index in [0.29, 0.717) is 22.9 Å². The van der Waals surface area contributed by atoms with Crippen molar-refractivity contribution in [3.05, 3.63) is 33.8 Å². The summed E-state index contributed by atoms with van der Waals surface area (Å²) in [5, 5.41) is 3.91. The Morgan fingerprint density at radius 2 is 1.87 bits per heavy atom. The third kappa shape index (κ3) is 5.70. The van der Waals surface area contributed by atoms with Crippen molar-refractivity contribution in [1.29, 1.82) is 0 Å². The van der Waals surface area contributed by atoms with Crippen LogP contribution in [0.4, 0.5) is 0 Å². The average Bonchev–Trinajstić information content (AvgIpc) is 2.47. The Labute approximate surface area is 148 Å². The summed E-state index contributed by atoms with van der Waals surface area (Å²) in [6.45, 7) is 7.75. The van der Waals surface area contributed by atoms with Crippen molar-refractivity contribution in [2.75, 3.05) is 0 Å². The molecule has 0 bridgehead atoms. The summed E-state index contributed by atoms with van der Waals surface area (Å²) in [7, 11) is 0. The van der Waals surface area contributed by atoms with Crippen LogP contribution in [0, 0.1) is 0 Å². The number of carbonyl (C=O) groups excluding carboxylic acids is 2. The zero-order chi connectivity index (χ0) is 17.6. The predicted octanol–water partition coefficient (Wildman–Crippen LogP) is 4.04. The summed E-state index contributed by atoms with van der Waals surface area (Å²) in [4.78, 5) is 26.4. The van der Waals surface area contributed by atoms with Crippen molar-refractivity contribution in [2.45, 2.75) is 59.2 Å².